The van der Waals surface area contributed by atoms with Crippen LogP contribution in [0.4, 0.5) is 0 Å². The SMILES string of the molecule is CC=CC=C(CC)C(=O)OO. The summed E-state index contributed by atoms with van der Waals surface area (Å²) in [6.07, 6.45) is 5.67. The predicted molar refractivity (Wildman–Crippen MR) is 41.9 cm³/mol. The molecule has 1 N–H and O–H groups in total. The fraction of sp³-hybridized carbons (Fsp3) is 0.375. The van der Waals surface area contributed by atoms with E-state index < -0.39 is 5.97 Å². The number of rotatable bonds is 3. The third-order valence-corrected chi connectivity index (χ3v) is 1.22. The molecule has 62 valence electrons. The largest absolute Gasteiger partial charge is 0.368 e. The minimum Gasteiger partial charge on any atom is -0.296 e. The molecule has 3 nitrogen and oxygen atoms in total. The molecule has 0 aromatic rings. The lowest BCUT2D eigenvalue weighted by molar-refractivity contribution is -0.229. The van der Waals surface area contributed by atoms with Crippen molar-refractivity contribution in [2.45, 2.75) is 20.3 Å². The highest BCUT2D eigenvalue weighted by atomic mass is 17.1. The van der Waals surface area contributed by atoms with E-state index in [1.165, 1.54) is 0 Å². The summed E-state index contributed by atoms with van der Waals surface area (Å²) in [5.74, 6) is -0.689. The van der Waals surface area contributed by atoms with Gasteiger partial charge in [0.25, 0.3) is 0 Å². The lowest BCUT2D eigenvalue weighted by Gasteiger charge is -1.96. The van der Waals surface area contributed by atoms with E-state index in [9.17, 15) is 4.79 Å². The number of allylic oxidation sites excluding steroid dienone is 3. The van der Waals surface area contributed by atoms with Crippen LogP contribution in [0.15, 0.2) is 23.8 Å². The summed E-state index contributed by atoms with van der Waals surface area (Å²) in [5, 5.41) is 8.02. The van der Waals surface area contributed by atoms with Gasteiger partial charge < -0.3 is 0 Å². The molecule has 0 heterocycles. The molecule has 0 bridgehead atoms. The van der Waals surface area contributed by atoms with E-state index in [-0.39, 0.29) is 0 Å². The van der Waals surface area contributed by atoms with Crippen LogP contribution in [0.1, 0.15) is 20.3 Å². The molecule has 0 aliphatic rings. The first-order valence-corrected chi connectivity index (χ1v) is 3.43. The van der Waals surface area contributed by atoms with Crippen LogP contribution < -0.4 is 0 Å². The molecule has 0 atom stereocenters. The van der Waals surface area contributed by atoms with Crippen LogP contribution in [0, 0.1) is 0 Å². The van der Waals surface area contributed by atoms with Gasteiger partial charge in [-0.05, 0) is 13.3 Å². The topological polar surface area (TPSA) is 46.5 Å². The number of carbonyl (C=O) groups is 1. The predicted octanol–water partition coefficient (Wildman–Crippen LogP) is 1.92. The molecular weight excluding hydrogens is 144 g/mol. The molecule has 0 rings (SSSR count). The van der Waals surface area contributed by atoms with Gasteiger partial charge in [0.15, 0.2) is 0 Å². The van der Waals surface area contributed by atoms with Gasteiger partial charge in [-0.1, -0.05) is 25.2 Å². The van der Waals surface area contributed by atoms with E-state index in [0.717, 1.165) is 0 Å². The van der Waals surface area contributed by atoms with Gasteiger partial charge in [0, 0.05) is 5.57 Å². The van der Waals surface area contributed by atoms with Crippen molar-refractivity contribution in [3.05, 3.63) is 23.8 Å². The highest BCUT2D eigenvalue weighted by Gasteiger charge is 2.06. The molecule has 0 unspecified atom stereocenters. The smallest absolute Gasteiger partial charge is 0.296 e. The zero-order valence-electron chi connectivity index (χ0n) is 6.70. The van der Waals surface area contributed by atoms with Crippen molar-refractivity contribution < 1.29 is 14.9 Å². The summed E-state index contributed by atoms with van der Waals surface area (Å²) in [5.41, 5.74) is 0.450. The maximum atomic E-state index is 10.7. The second-order valence-electron chi connectivity index (χ2n) is 1.95. The second-order valence-corrected chi connectivity index (χ2v) is 1.95. The Morgan fingerprint density at radius 2 is 2.27 bits per heavy atom. The maximum Gasteiger partial charge on any atom is 0.368 e. The fourth-order valence-corrected chi connectivity index (χ4v) is 0.601. The highest BCUT2D eigenvalue weighted by Crippen LogP contribution is 2.02. The fourth-order valence-electron chi connectivity index (χ4n) is 0.601. The van der Waals surface area contributed by atoms with Gasteiger partial charge in [-0.3, -0.25) is 4.89 Å². The summed E-state index contributed by atoms with van der Waals surface area (Å²) in [7, 11) is 0. The Morgan fingerprint density at radius 1 is 1.64 bits per heavy atom. The third-order valence-electron chi connectivity index (χ3n) is 1.22. The molecule has 11 heavy (non-hydrogen) atoms. The van der Waals surface area contributed by atoms with Crippen LogP contribution >= 0.6 is 0 Å². The van der Waals surface area contributed by atoms with Crippen LogP contribution in [-0.2, 0) is 9.68 Å². The summed E-state index contributed by atoms with van der Waals surface area (Å²) < 4.78 is 0. The van der Waals surface area contributed by atoms with Crippen LogP contribution in [0.3, 0.4) is 0 Å². The molecule has 0 fully saturated rings. The van der Waals surface area contributed by atoms with Gasteiger partial charge in [0.05, 0.1) is 0 Å². The highest BCUT2D eigenvalue weighted by molar-refractivity contribution is 5.88. The van der Waals surface area contributed by atoms with E-state index in [1.54, 1.807) is 18.2 Å². The van der Waals surface area contributed by atoms with E-state index in [2.05, 4.69) is 4.89 Å². The van der Waals surface area contributed by atoms with Crippen LogP contribution in [0.2, 0.25) is 0 Å². The van der Waals surface area contributed by atoms with Gasteiger partial charge in [0.2, 0.25) is 0 Å². The zero-order chi connectivity index (χ0) is 8.69. The number of carbonyl (C=O) groups excluding carboxylic acids is 1. The number of hydrogen-bond acceptors (Lipinski definition) is 3. The first-order chi connectivity index (χ1) is 5.26. The van der Waals surface area contributed by atoms with Crippen LogP contribution in [0.5, 0.6) is 0 Å². The lowest BCUT2D eigenvalue weighted by Crippen LogP contribution is -2.03. The quantitative estimate of drug-likeness (QED) is 0.294. The Balaban J connectivity index is 4.26. The Morgan fingerprint density at radius 3 is 2.64 bits per heavy atom. The molecule has 0 aromatic heterocycles. The molecule has 0 saturated heterocycles. The van der Waals surface area contributed by atoms with Gasteiger partial charge in [-0.2, -0.15) is 5.26 Å². The second kappa shape index (κ2) is 5.68. The lowest BCUT2D eigenvalue weighted by atomic mass is 10.2. The monoisotopic (exact) mass is 156 g/mol. The third kappa shape index (κ3) is 3.57. The van der Waals surface area contributed by atoms with Gasteiger partial charge in [-0.25, -0.2) is 4.79 Å². The molecule has 0 radical (unpaired) electrons. The van der Waals surface area contributed by atoms with Crippen molar-refractivity contribution in [2.75, 3.05) is 0 Å². The van der Waals surface area contributed by atoms with Crippen molar-refractivity contribution in [2.24, 2.45) is 0 Å². The molecule has 0 aliphatic carbocycles. The van der Waals surface area contributed by atoms with E-state index in [0.29, 0.717) is 12.0 Å². The van der Waals surface area contributed by atoms with E-state index >= 15 is 0 Å². The number of hydrogen-bond donors (Lipinski definition) is 1. The Hall–Kier alpha value is -1.09. The summed E-state index contributed by atoms with van der Waals surface area (Å²) in [6, 6.07) is 0. The maximum absolute atomic E-state index is 10.7. The minimum atomic E-state index is -0.689. The van der Waals surface area contributed by atoms with Gasteiger partial charge >= 0.3 is 5.97 Å². The van der Waals surface area contributed by atoms with E-state index in [4.69, 9.17) is 5.26 Å². The van der Waals surface area contributed by atoms with Crippen molar-refractivity contribution >= 4 is 5.97 Å². The average molecular weight is 156 g/mol. The molecule has 0 spiro atoms. The molecule has 0 aliphatic heterocycles. The standard InChI is InChI=1S/C8H12O3/c1-3-5-6-7(4-2)8(9)11-10/h3,5-6,10H,4H2,1-2H3. The minimum absolute atomic E-state index is 0.450. The zero-order valence-corrected chi connectivity index (χ0v) is 6.70. The van der Waals surface area contributed by atoms with Gasteiger partial charge in [0.1, 0.15) is 0 Å². The molecule has 0 amide bonds. The Labute approximate surface area is 65.9 Å². The van der Waals surface area contributed by atoms with Crippen molar-refractivity contribution in [3.63, 3.8) is 0 Å². The first kappa shape index (κ1) is 9.91. The van der Waals surface area contributed by atoms with Gasteiger partial charge in [-0.15, -0.1) is 0 Å². The normalized spacial score (nSPS) is 12.1. The molecular formula is C8H12O3. The summed E-state index contributed by atoms with van der Waals surface area (Å²) >= 11 is 0. The van der Waals surface area contributed by atoms with Crippen LogP contribution in [-0.4, -0.2) is 11.2 Å². The summed E-state index contributed by atoms with van der Waals surface area (Å²) in [6.45, 7) is 3.65. The molecule has 0 aromatic carbocycles. The van der Waals surface area contributed by atoms with Crippen molar-refractivity contribution in [1.82, 2.24) is 0 Å². The molecule has 0 saturated carbocycles. The van der Waals surface area contributed by atoms with Crippen molar-refractivity contribution in [1.29, 1.82) is 0 Å². The first-order valence-electron chi connectivity index (χ1n) is 3.43. The van der Waals surface area contributed by atoms with E-state index in [1.807, 2.05) is 13.8 Å². The van der Waals surface area contributed by atoms with Crippen molar-refractivity contribution in [3.8, 4) is 0 Å². The summed E-state index contributed by atoms with van der Waals surface area (Å²) in [4.78, 5) is 14.2. The molecule has 3 heteroatoms. The van der Waals surface area contributed by atoms with Crippen LogP contribution in [0.25, 0.3) is 0 Å². The Bertz CT molecular complexity index is 180. The Kier molecular flexibility index (Phi) is 5.11. The average Bonchev–Trinajstić information content (AvgIpc) is 2.05.